The van der Waals surface area contributed by atoms with E-state index in [0.29, 0.717) is 32.1 Å². The molecule has 38 heavy (non-hydrogen) atoms. The predicted octanol–water partition coefficient (Wildman–Crippen LogP) is 3.05. The number of aromatic nitrogens is 1. The monoisotopic (exact) mass is 536 g/mol. The number of rotatable bonds is 9. The van der Waals surface area contributed by atoms with Gasteiger partial charge in [0, 0.05) is 0 Å². The summed E-state index contributed by atoms with van der Waals surface area (Å²) in [4.78, 5) is 42.5. The van der Waals surface area contributed by atoms with Crippen molar-refractivity contribution in [2.45, 2.75) is 39.8 Å². The van der Waals surface area contributed by atoms with Gasteiger partial charge in [-0.2, -0.15) is 0 Å². The van der Waals surface area contributed by atoms with Gasteiger partial charge >= 0.3 is 11.9 Å². The Bertz CT molecular complexity index is 1550. The van der Waals surface area contributed by atoms with Gasteiger partial charge in [0.2, 0.25) is 0 Å². The fourth-order valence-corrected chi connectivity index (χ4v) is 5.11. The second-order valence-corrected chi connectivity index (χ2v) is 9.80. The third-order valence-corrected chi connectivity index (χ3v) is 6.61. The molecule has 1 N–H and O–H groups in total. The molecule has 3 aromatic rings. The molecule has 0 bridgehead atoms. The van der Waals surface area contributed by atoms with Crippen LogP contribution in [0.2, 0.25) is 0 Å². The van der Waals surface area contributed by atoms with Crippen molar-refractivity contribution in [2.75, 3.05) is 13.2 Å². The molecule has 1 aromatic heterocycles. The van der Waals surface area contributed by atoms with Crippen molar-refractivity contribution in [2.24, 2.45) is 4.99 Å². The Morgan fingerprint density at radius 1 is 1.11 bits per heavy atom. The van der Waals surface area contributed by atoms with Gasteiger partial charge in [-0.1, -0.05) is 35.6 Å². The first-order chi connectivity index (χ1) is 18.2. The number of carbonyl (C=O) groups excluding carboxylic acids is 1. The van der Waals surface area contributed by atoms with E-state index in [1.807, 2.05) is 38.1 Å². The predicted molar refractivity (Wildman–Crippen MR) is 142 cm³/mol. The number of aliphatic carboxylic acids is 1. The molecule has 0 aliphatic carbocycles. The van der Waals surface area contributed by atoms with Crippen LogP contribution in [0.15, 0.2) is 69.6 Å². The van der Waals surface area contributed by atoms with Crippen LogP contribution in [0.1, 0.15) is 44.9 Å². The number of esters is 1. The summed E-state index contributed by atoms with van der Waals surface area (Å²) in [5.41, 5.74) is 1.96. The molecule has 0 radical (unpaired) electrons. The molecule has 0 amide bonds. The molecular formula is C28H28N2O7S. The first-order valence-electron chi connectivity index (χ1n) is 12.1. The molecule has 10 heteroatoms. The Hall–Kier alpha value is -4.18. The van der Waals surface area contributed by atoms with Gasteiger partial charge in [0.1, 0.15) is 11.5 Å². The Labute approximate surface area is 222 Å². The summed E-state index contributed by atoms with van der Waals surface area (Å²) in [5, 5.41) is 8.77. The van der Waals surface area contributed by atoms with E-state index in [0.717, 1.165) is 11.1 Å². The molecule has 1 atom stereocenters. The number of carboxylic acids is 1. The molecule has 1 aliphatic rings. The maximum Gasteiger partial charge on any atom is 0.341 e. The fourth-order valence-electron chi connectivity index (χ4n) is 4.06. The van der Waals surface area contributed by atoms with E-state index < -0.39 is 24.6 Å². The van der Waals surface area contributed by atoms with E-state index in [1.165, 1.54) is 15.9 Å². The summed E-state index contributed by atoms with van der Waals surface area (Å²) in [5.74, 6) is -0.493. The number of nitrogens with zero attached hydrogens (tertiary/aromatic N) is 2. The van der Waals surface area contributed by atoms with E-state index >= 15 is 0 Å². The number of allylic oxidation sites excluding steroid dienone is 1. The highest BCUT2D eigenvalue weighted by atomic mass is 32.1. The van der Waals surface area contributed by atoms with Crippen molar-refractivity contribution in [1.29, 1.82) is 0 Å². The first kappa shape index (κ1) is 26.9. The minimum absolute atomic E-state index is 0.00792. The molecule has 0 spiro atoms. The quantitative estimate of drug-likeness (QED) is 0.418. The van der Waals surface area contributed by atoms with Crippen LogP contribution in [0.3, 0.4) is 0 Å². The highest BCUT2D eigenvalue weighted by Crippen LogP contribution is 2.31. The van der Waals surface area contributed by atoms with Crippen molar-refractivity contribution < 1.29 is 28.9 Å². The number of carbonyl (C=O) groups is 2. The highest BCUT2D eigenvalue weighted by molar-refractivity contribution is 7.07. The van der Waals surface area contributed by atoms with E-state index in [9.17, 15) is 14.4 Å². The van der Waals surface area contributed by atoms with Crippen molar-refractivity contribution in [3.05, 3.63) is 90.6 Å². The third-order valence-electron chi connectivity index (χ3n) is 5.62. The lowest BCUT2D eigenvalue weighted by atomic mass is 9.96. The molecule has 9 nitrogen and oxygen atoms in total. The topological polar surface area (TPSA) is 116 Å². The molecule has 2 heterocycles. The number of ether oxygens (including phenoxy) is 3. The molecule has 2 aromatic carbocycles. The Kier molecular flexibility index (Phi) is 8.11. The van der Waals surface area contributed by atoms with Crippen LogP contribution in [0, 0.1) is 0 Å². The lowest BCUT2D eigenvalue weighted by Gasteiger charge is -2.25. The zero-order chi connectivity index (χ0) is 27.4. The van der Waals surface area contributed by atoms with Crippen LogP contribution in [0.5, 0.6) is 11.5 Å². The highest BCUT2D eigenvalue weighted by Gasteiger charge is 2.33. The van der Waals surface area contributed by atoms with E-state index in [2.05, 4.69) is 4.99 Å². The first-order valence-corrected chi connectivity index (χ1v) is 12.9. The molecule has 0 saturated heterocycles. The zero-order valence-electron chi connectivity index (χ0n) is 21.5. The zero-order valence-corrected chi connectivity index (χ0v) is 22.3. The third kappa shape index (κ3) is 5.86. The van der Waals surface area contributed by atoms with Crippen molar-refractivity contribution >= 4 is 29.4 Å². The Morgan fingerprint density at radius 3 is 2.37 bits per heavy atom. The number of carboxylic acid groups (broad SMARTS) is 1. The minimum Gasteiger partial charge on any atom is -0.491 e. The standard InChI is InChI=1S/C28H28N2O7S/c1-5-35-27(34)24-17(4)29-28-30(25(24)19-8-12-21(13-9-19)37-16(2)3)26(33)22(38-28)14-18-6-10-20(11-7-18)36-15-23(31)32/h6-14,16,25H,5,15H2,1-4H3,(H,31,32)/t25-/m1/s1. The SMILES string of the molecule is CCOC(=O)C1=C(C)N=c2sc(=Cc3ccc(OCC(=O)O)cc3)c(=O)n2[C@@H]1c1ccc(OC(C)C)cc1. The van der Waals surface area contributed by atoms with Crippen LogP contribution < -0.4 is 24.4 Å². The summed E-state index contributed by atoms with van der Waals surface area (Å²) in [6.07, 6.45) is 1.73. The van der Waals surface area contributed by atoms with Gasteiger partial charge in [-0.3, -0.25) is 9.36 Å². The molecule has 0 fully saturated rings. The number of fused-ring (bicyclic) bond motifs is 1. The maximum atomic E-state index is 13.7. The largest absolute Gasteiger partial charge is 0.491 e. The molecular weight excluding hydrogens is 508 g/mol. The van der Waals surface area contributed by atoms with E-state index in [1.54, 1.807) is 44.2 Å². The summed E-state index contributed by atoms with van der Waals surface area (Å²) in [6, 6.07) is 13.3. The Balaban J connectivity index is 1.79. The second-order valence-electron chi connectivity index (χ2n) is 8.79. The summed E-state index contributed by atoms with van der Waals surface area (Å²) >= 11 is 1.22. The molecule has 1 aliphatic heterocycles. The van der Waals surface area contributed by atoms with Crippen LogP contribution >= 0.6 is 11.3 Å². The van der Waals surface area contributed by atoms with Crippen molar-refractivity contribution in [3.8, 4) is 11.5 Å². The smallest absolute Gasteiger partial charge is 0.341 e. The number of benzene rings is 2. The van der Waals surface area contributed by atoms with E-state index in [-0.39, 0.29) is 18.3 Å². The average Bonchev–Trinajstić information content (AvgIpc) is 3.17. The van der Waals surface area contributed by atoms with Crippen LogP contribution in [-0.4, -0.2) is 40.9 Å². The van der Waals surface area contributed by atoms with Crippen molar-refractivity contribution in [1.82, 2.24) is 4.57 Å². The number of hydrogen-bond donors (Lipinski definition) is 1. The van der Waals surface area contributed by atoms with Gasteiger partial charge < -0.3 is 19.3 Å². The number of thiazole rings is 1. The summed E-state index contributed by atoms with van der Waals surface area (Å²) < 4.78 is 18.2. The van der Waals surface area contributed by atoms with Gasteiger partial charge in [-0.05, 0) is 69.2 Å². The molecule has 4 rings (SSSR count). The fraction of sp³-hybridized carbons (Fsp3) is 0.286. The Morgan fingerprint density at radius 2 is 1.76 bits per heavy atom. The van der Waals surface area contributed by atoms with Crippen LogP contribution in [-0.2, 0) is 14.3 Å². The van der Waals surface area contributed by atoms with Crippen LogP contribution in [0.4, 0.5) is 0 Å². The van der Waals surface area contributed by atoms with Crippen molar-refractivity contribution in [3.63, 3.8) is 0 Å². The average molecular weight is 537 g/mol. The van der Waals surface area contributed by atoms with Gasteiger partial charge in [0.15, 0.2) is 11.4 Å². The maximum absolute atomic E-state index is 13.7. The van der Waals surface area contributed by atoms with Gasteiger partial charge in [0.25, 0.3) is 5.56 Å². The van der Waals surface area contributed by atoms with Gasteiger partial charge in [-0.25, -0.2) is 14.6 Å². The molecule has 0 unspecified atom stereocenters. The molecule has 198 valence electrons. The lowest BCUT2D eigenvalue weighted by molar-refractivity contribution is -0.140. The molecule has 0 saturated carbocycles. The van der Waals surface area contributed by atoms with Gasteiger partial charge in [-0.15, -0.1) is 0 Å². The van der Waals surface area contributed by atoms with Gasteiger partial charge in [0.05, 0.1) is 34.6 Å². The number of hydrogen-bond acceptors (Lipinski definition) is 8. The lowest BCUT2D eigenvalue weighted by Crippen LogP contribution is -2.39. The second kappa shape index (κ2) is 11.5. The summed E-state index contributed by atoms with van der Waals surface area (Å²) in [7, 11) is 0. The summed E-state index contributed by atoms with van der Waals surface area (Å²) in [6.45, 7) is 7.10. The minimum atomic E-state index is -1.07. The van der Waals surface area contributed by atoms with E-state index in [4.69, 9.17) is 19.3 Å². The van der Waals surface area contributed by atoms with Crippen LogP contribution in [0.25, 0.3) is 6.08 Å². The normalized spacial score (nSPS) is 15.2.